The summed E-state index contributed by atoms with van der Waals surface area (Å²) >= 11 is 0. The first-order valence-corrected chi connectivity index (χ1v) is 8.84. The standard InChI is InChI=1S/C19H31N3O2/c1-4-15-5-7-16(8-6-15)17(22(2)3)13-21-18(23)19(14-20)9-11-24-12-10-19/h5-8,17H,4,9-14,20H2,1-3H3,(H,21,23). The second-order valence-electron chi connectivity index (χ2n) is 6.88. The third kappa shape index (κ3) is 4.35. The Morgan fingerprint density at radius 2 is 1.92 bits per heavy atom. The summed E-state index contributed by atoms with van der Waals surface area (Å²) < 4.78 is 5.39. The predicted octanol–water partition coefficient (Wildman–Crippen LogP) is 1.72. The van der Waals surface area contributed by atoms with E-state index in [1.165, 1.54) is 11.1 Å². The Bertz CT molecular complexity index is 522. The lowest BCUT2D eigenvalue weighted by Gasteiger charge is -2.35. The molecule has 1 aromatic carbocycles. The van der Waals surface area contributed by atoms with Gasteiger partial charge < -0.3 is 20.7 Å². The second kappa shape index (κ2) is 8.60. The largest absolute Gasteiger partial charge is 0.381 e. The first-order chi connectivity index (χ1) is 11.5. The molecule has 0 aliphatic carbocycles. The molecule has 1 aliphatic heterocycles. The number of aryl methyl sites for hydroxylation is 1. The molecule has 24 heavy (non-hydrogen) atoms. The van der Waals surface area contributed by atoms with Crippen LogP contribution in [-0.2, 0) is 16.0 Å². The Morgan fingerprint density at radius 3 is 2.42 bits per heavy atom. The van der Waals surface area contributed by atoms with Crippen molar-refractivity contribution in [1.29, 1.82) is 0 Å². The smallest absolute Gasteiger partial charge is 0.227 e. The van der Waals surface area contributed by atoms with Crippen molar-refractivity contribution in [2.24, 2.45) is 11.1 Å². The third-order valence-electron chi connectivity index (χ3n) is 5.17. The van der Waals surface area contributed by atoms with Gasteiger partial charge in [0.25, 0.3) is 0 Å². The van der Waals surface area contributed by atoms with Gasteiger partial charge in [0, 0.05) is 26.3 Å². The van der Waals surface area contributed by atoms with Gasteiger partial charge in [0.05, 0.1) is 11.5 Å². The molecule has 1 aliphatic rings. The summed E-state index contributed by atoms with van der Waals surface area (Å²) in [5.41, 5.74) is 7.99. The minimum absolute atomic E-state index is 0.0605. The average Bonchev–Trinajstić information content (AvgIpc) is 2.62. The van der Waals surface area contributed by atoms with Crippen LogP contribution in [0.15, 0.2) is 24.3 Å². The molecule has 0 aromatic heterocycles. The molecule has 3 N–H and O–H groups in total. The summed E-state index contributed by atoms with van der Waals surface area (Å²) in [7, 11) is 4.08. The number of hydrogen-bond acceptors (Lipinski definition) is 4. The van der Waals surface area contributed by atoms with Gasteiger partial charge in [-0.05, 0) is 44.5 Å². The molecule has 2 rings (SSSR count). The topological polar surface area (TPSA) is 67.6 Å². The van der Waals surface area contributed by atoms with Crippen molar-refractivity contribution < 1.29 is 9.53 Å². The maximum atomic E-state index is 12.7. The van der Waals surface area contributed by atoms with Crippen molar-refractivity contribution in [3.05, 3.63) is 35.4 Å². The SMILES string of the molecule is CCc1ccc(C(CNC(=O)C2(CN)CCOCC2)N(C)C)cc1. The number of nitrogens with one attached hydrogen (secondary N) is 1. The summed E-state index contributed by atoms with van der Waals surface area (Å²) in [6, 6.07) is 8.78. The molecule has 1 amide bonds. The van der Waals surface area contributed by atoms with Crippen LogP contribution >= 0.6 is 0 Å². The molecule has 0 spiro atoms. The monoisotopic (exact) mass is 333 g/mol. The lowest BCUT2D eigenvalue weighted by molar-refractivity contribution is -0.136. The van der Waals surface area contributed by atoms with Gasteiger partial charge in [-0.25, -0.2) is 0 Å². The average molecular weight is 333 g/mol. The highest BCUT2D eigenvalue weighted by molar-refractivity contribution is 5.83. The van der Waals surface area contributed by atoms with Gasteiger partial charge in [-0.1, -0.05) is 31.2 Å². The molecule has 1 atom stereocenters. The molecule has 134 valence electrons. The molecule has 0 bridgehead atoms. The Morgan fingerprint density at radius 1 is 1.29 bits per heavy atom. The fraction of sp³-hybridized carbons (Fsp3) is 0.632. The Balaban J connectivity index is 2.03. The highest BCUT2D eigenvalue weighted by Crippen LogP contribution is 2.30. The van der Waals surface area contributed by atoms with Crippen LogP contribution in [0.3, 0.4) is 0 Å². The molecule has 5 heteroatoms. The van der Waals surface area contributed by atoms with Gasteiger partial charge in [0.15, 0.2) is 0 Å². The molecular formula is C19H31N3O2. The summed E-state index contributed by atoms with van der Waals surface area (Å²) in [6.07, 6.45) is 2.44. The minimum atomic E-state index is -0.471. The number of ether oxygens (including phenoxy) is 1. The van der Waals surface area contributed by atoms with Crippen molar-refractivity contribution in [3.8, 4) is 0 Å². The quantitative estimate of drug-likeness (QED) is 0.797. The van der Waals surface area contributed by atoms with Crippen LogP contribution in [0.5, 0.6) is 0 Å². The second-order valence-corrected chi connectivity index (χ2v) is 6.88. The number of amides is 1. The van der Waals surface area contributed by atoms with Crippen LogP contribution in [0.4, 0.5) is 0 Å². The van der Waals surface area contributed by atoms with E-state index in [-0.39, 0.29) is 11.9 Å². The number of carbonyl (C=O) groups excluding carboxylic acids is 1. The Labute approximate surface area is 145 Å². The zero-order chi connectivity index (χ0) is 17.6. The van der Waals surface area contributed by atoms with Gasteiger partial charge >= 0.3 is 0 Å². The van der Waals surface area contributed by atoms with E-state index in [0.717, 1.165) is 6.42 Å². The molecule has 1 heterocycles. The van der Waals surface area contributed by atoms with Crippen molar-refractivity contribution in [1.82, 2.24) is 10.2 Å². The van der Waals surface area contributed by atoms with E-state index in [0.29, 0.717) is 39.1 Å². The van der Waals surface area contributed by atoms with Gasteiger partial charge in [0.1, 0.15) is 0 Å². The van der Waals surface area contributed by atoms with E-state index in [2.05, 4.69) is 41.4 Å². The van der Waals surface area contributed by atoms with Crippen molar-refractivity contribution in [3.63, 3.8) is 0 Å². The summed E-state index contributed by atoms with van der Waals surface area (Å²) in [6.45, 7) is 4.33. The zero-order valence-corrected chi connectivity index (χ0v) is 15.2. The van der Waals surface area contributed by atoms with Crippen LogP contribution < -0.4 is 11.1 Å². The molecule has 0 saturated carbocycles. The summed E-state index contributed by atoms with van der Waals surface area (Å²) in [4.78, 5) is 14.9. The Kier molecular flexibility index (Phi) is 6.78. The van der Waals surface area contributed by atoms with Crippen LogP contribution in [0, 0.1) is 5.41 Å². The fourth-order valence-electron chi connectivity index (χ4n) is 3.24. The Hall–Kier alpha value is -1.43. The van der Waals surface area contributed by atoms with Crippen LogP contribution in [0.2, 0.25) is 0 Å². The predicted molar refractivity (Wildman–Crippen MR) is 96.8 cm³/mol. The van der Waals surface area contributed by atoms with Gasteiger partial charge in [-0.3, -0.25) is 4.79 Å². The zero-order valence-electron chi connectivity index (χ0n) is 15.2. The molecule has 5 nitrogen and oxygen atoms in total. The molecule has 1 unspecified atom stereocenters. The summed E-state index contributed by atoms with van der Waals surface area (Å²) in [5.74, 6) is 0.0605. The third-order valence-corrected chi connectivity index (χ3v) is 5.17. The first kappa shape index (κ1) is 18.9. The van der Waals surface area contributed by atoms with Gasteiger partial charge in [-0.15, -0.1) is 0 Å². The number of nitrogens with zero attached hydrogens (tertiary/aromatic N) is 1. The van der Waals surface area contributed by atoms with E-state index in [1.807, 2.05) is 14.1 Å². The molecule has 0 radical (unpaired) electrons. The van der Waals surface area contributed by atoms with Gasteiger partial charge in [0.2, 0.25) is 5.91 Å². The number of benzene rings is 1. The highest BCUT2D eigenvalue weighted by Gasteiger charge is 2.38. The lowest BCUT2D eigenvalue weighted by Crippen LogP contribution is -2.50. The number of carbonyl (C=O) groups is 1. The van der Waals surface area contributed by atoms with E-state index in [9.17, 15) is 4.79 Å². The van der Waals surface area contributed by atoms with Crippen LogP contribution in [-0.4, -0.2) is 51.2 Å². The minimum Gasteiger partial charge on any atom is -0.381 e. The van der Waals surface area contributed by atoms with E-state index in [4.69, 9.17) is 10.5 Å². The molecule has 1 fully saturated rings. The number of rotatable bonds is 7. The number of nitrogens with two attached hydrogens (primary N) is 1. The van der Waals surface area contributed by atoms with Crippen LogP contribution in [0.25, 0.3) is 0 Å². The van der Waals surface area contributed by atoms with E-state index in [1.54, 1.807) is 0 Å². The first-order valence-electron chi connectivity index (χ1n) is 8.84. The number of likely N-dealkylation sites (N-methyl/N-ethyl adjacent to an activating group) is 1. The molecule has 1 aromatic rings. The fourth-order valence-corrected chi connectivity index (χ4v) is 3.24. The van der Waals surface area contributed by atoms with Crippen molar-refractivity contribution in [2.45, 2.75) is 32.2 Å². The lowest BCUT2D eigenvalue weighted by atomic mass is 9.79. The molecule has 1 saturated heterocycles. The van der Waals surface area contributed by atoms with E-state index < -0.39 is 5.41 Å². The van der Waals surface area contributed by atoms with Crippen molar-refractivity contribution >= 4 is 5.91 Å². The number of hydrogen-bond donors (Lipinski definition) is 2. The summed E-state index contributed by atoms with van der Waals surface area (Å²) in [5, 5.41) is 3.14. The maximum Gasteiger partial charge on any atom is 0.227 e. The molecular weight excluding hydrogens is 302 g/mol. The maximum absolute atomic E-state index is 12.7. The van der Waals surface area contributed by atoms with Crippen molar-refractivity contribution in [2.75, 3.05) is 40.4 Å². The van der Waals surface area contributed by atoms with E-state index >= 15 is 0 Å². The highest BCUT2D eigenvalue weighted by atomic mass is 16.5. The normalized spacial score (nSPS) is 18.4. The van der Waals surface area contributed by atoms with Gasteiger partial charge in [-0.2, -0.15) is 0 Å². The van der Waals surface area contributed by atoms with Crippen LogP contribution in [0.1, 0.15) is 36.9 Å².